The number of allylic oxidation sites excluding steroid dienone is 2. The van der Waals surface area contributed by atoms with Crippen LogP contribution in [-0.4, -0.2) is 33.3 Å². The van der Waals surface area contributed by atoms with E-state index in [0.717, 1.165) is 25.7 Å². The van der Waals surface area contributed by atoms with Crippen LogP contribution in [0.3, 0.4) is 0 Å². The molecule has 1 heterocycles. The van der Waals surface area contributed by atoms with E-state index in [1.165, 1.54) is 10.6 Å². The Morgan fingerprint density at radius 3 is 2.00 bits per heavy atom. The number of hydrogen-bond donors (Lipinski definition) is 2. The van der Waals surface area contributed by atoms with Crippen molar-refractivity contribution in [2.45, 2.75) is 139 Å². The van der Waals surface area contributed by atoms with Gasteiger partial charge in [-0.3, -0.25) is 4.79 Å². The summed E-state index contributed by atoms with van der Waals surface area (Å²) < 4.78 is 0. The van der Waals surface area contributed by atoms with Gasteiger partial charge in [-0.2, -0.15) is 5.06 Å². The van der Waals surface area contributed by atoms with Gasteiger partial charge in [0.1, 0.15) is 0 Å². The third-order valence-corrected chi connectivity index (χ3v) is 10.2. The fourth-order valence-electron chi connectivity index (χ4n) is 6.56. The molecule has 4 heteroatoms. The molecule has 4 nitrogen and oxygen atoms in total. The second-order valence-corrected chi connectivity index (χ2v) is 15.9. The maximum absolute atomic E-state index is 13.4. The van der Waals surface area contributed by atoms with Gasteiger partial charge in [0.15, 0.2) is 0 Å². The third kappa shape index (κ3) is 7.97. The van der Waals surface area contributed by atoms with Crippen LogP contribution in [0.5, 0.6) is 0 Å². The maximum Gasteiger partial charge on any atom is 0.223 e. The number of carbonyl (C=O) groups excluding carboxylic acids is 1. The van der Waals surface area contributed by atoms with E-state index < -0.39 is 0 Å². The number of hydroxylamine groups is 2. The van der Waals surface area contributed by atoms with Crippen molar-refractivity contribution in [3.63, 3.8) is 0 Å². The minimum atomic E-state index is -0.382. The Bertz CT molecular complexity index is 954. The first kappa shape index (κ1) is 33.6. The molecule has 1 aromatic carbocycles. The first-order valence-corrected chi connectivity index (χ1v) is 15.2. The molecule has 1 aliphatic heterocycles. The summed E-state index contributed by atoms with van der Waals surface area (Å²) in [5, 5.41) is 15.4. The standard InChI is InChI=1S/C35H60N2O2/c1-25(2)22-29(27-18-15-14-16-19-27)35(12,13)32(6,7)21-17-20-31(4,5)26(3)30(38)36-28-23-33(8,9)37(39)34(10,11)24-28/h14-19,21,25-26,28-29,39H,20,22-24H2,1-13H3,(H,36,38)/b21-17+. The van der Waals surface area contributed by atoms with Crippen LogP contribution in [0.1, 0.15) is 127 Å². The number of amides is 1. The normalized spacial score (nSPS) is 20.8. The summed E-state index contributed by atoms with van der Waals surface area (Å²) in [5.74, 6) is 1.05. The second-order valence-electron chi connectivity index (χ2n) is 15.9. The van der Waals surface area contributed by atoms with E-state index in [4.69, 9.17) is 0 Å². The highest BCUT2D eigenvalue weighted by Gasteiger charge is 2.46. The molecule has 2 atom stereocenters. The molecule has 1 saturated heterocycles. The number of nitrogens with one attached hydrogen (secondary N) is 1. The predicted octanol–water partition coefficient (Wildman–Crippen LogP) is 9.00. The fourth-order valence-corrected chi connectivity index (χ4v) is 6.56. The highest BCUT2D eigenvalue weighted by Crippen LogP contribution is 2.52. The quantitative estimate of drug-likeness (QED) is 0.275. The van der Waals surface area contributed by atoms with Crippen LogP contribution in [0.25, 0.3) is 0 Å². The summed E-state index contributed by atoms with van der Waals surface area (Å²) in [6, 6.07) is 11.0. The van der Waals surface area contributed by atoms with E-state index in [1.807, 2.05) is 27.7 Å². The van der Waals surface area contributed by atoms with E-state index in [1.54, 1.807) is 0 Å². The van der Waals surface area contributed by atoms with Gasteiger partial charge in [0, 0.05) is 23.0 Å². The summed E-state index contributed by atoms with van der Waals surface area (Å²) in [4.78, 5) is 13.4. The van der Waals surface area contributed by atoms with Gasteiger partial charge in [-0.15, -0.1) is 0 Å². The summed E-state index contributed by atoms with van der Waals surface area (Å²) >= 11 is 0. The highest BCUT2D eigenvalue weighted by atomic mass is 16.5. The van der Waals surface area contributed by atoms with Crippen molar-refractivity contribution in [1.29, 1.82) is 0 Å². The van der Waals surface area contributed by atoms with Crippen molar-refractivity contribution in [1.82, 2.24) is 10.4 Å². The number of rotatable bonds is 11. The fraction of sp³-hybridized carbons (Fsp3) is 0.743. The minimum Gasteiger partial charge on any atom is -0.353 e. The number of nitrogens with zero attached hydrogens (tertiary/aromatic N) is 1. The molecular weight excluding hydrogens is 480 g/mol. The molecule has 2 rings (SSSR count). The summed E-state index contributed by atoms with van der Waals surface area (Å²) in [7, 11) is 0. The second kappa shape index (κ2) is 12.1. The molecule has 1 fully saturated rings. The van der Waals surface area contributed by atoms with E-state index in [-0.39, 0.29) is 45.2 Å². The van der Waals surface area contributed by atoms with Crippen LogP contribution in [0.4, 0.5) is 0 Å². The van der Waals surface area contributed by atoms with Crippen molar-refractivity contribution in [2.24, 2.45) is 28.1 Å². The van der Waals surface area contributed by atoms with E-state index in [9.17, 15) is 10.0 Å². The molecule has 0 aliphatic carbocycles. The van der Waals surface area contributed by atoms with Crippen LogP contribution in [0.15, 0.2) is 42.5 Å². The predicted molar refractivity (Wildman–Crippen MR) is 166 cm³/mol. The summed E-state index contributed by atoms with van der Waals surface area (Å²) in [5.41, 5.74) is 0.490. The zero-order valence-corrected chi connectivity index (χ0v) is 27.5. The first-order chi connectivity index (χ1) is 17.6. The topological polar surface area (TPSA) is 52.6 Å². The molecule has 0 bridgehead atoms. The van der Waals surface area contributed by atoms with Gasteiger partial charge in [0.2, 0.25) is 5.91 Å². The lowest BCUT2D eigenvalue weighted by atomic mass is 9.57. The van der Waals surface area contributed by atoms with Crippen LogP contribution in [0, 0.1) is 28.1 Å². The molecule has 222 valence electrons. The molecular formula is C35H60N2O2. The Labute approximate surface area is 241 Å². The number of benzene rings is 1. The Morgan fingerprint density at radius 1 is 1.00 bits per heavy atom. The van der Waals surface area contributed by atoms with Crippen LogP contribution in [-0.2, 0) is 4.79 Å². The molecule has 1 aliphatic rings. The van der Waals surface area contributed by atoms with Crippen molar-refractivity contribution in [3.05, 3.63) is 48.0 Å². The van der Waals surface area contributed by atoms with Crippen molar-refractivity contribution >= 4 is 5.91 Å². The van der Waals surface area contributed by atoms with E-state index in [2.05, 4.69) is 110 Å². The molecule has 0 radical (unpaired) electrons. The average Bonchev–Trinajstić information content (AvgIpc) is 2.80. The SMILES string of the molecule is CC(C)CC(c1ccccc1)C(C)(C)C(C)(C)/C=C/CC(C)(C)C(C)C(=O)NC1CC(C)(C)N(O)C(C)(C)C1. The van der Waals surface area contributed by atoms with Crippen LogP contribution < -0.4 is 5.32 Å². The lowest BCUT2D eigenvalue weighted by molar-refractivity contribution is -0.246. The average molecular weight is 541 g/mol. The van der Waals surface area contributed by atoms with Crippen molar-refractivity contribution < 1.29 is 10.0 Å². The van der Waals surface area contributed by atoms with E-state index >= 15 is 0 Å². The van der Waals surface area contributed by atoms with Crippen molar-refractivity contribution in [3.8, 4) is 0 Å². The van der Waals surface area contributed by atoms with Gasteiger partial charge in [0.05, 0.1) is 0 Å². The molecule has 0 aromatic heterocycles. The highest BCUT2D eigenvalue weighted by molar-refractivity contribution is 5.79. The van der Waals surface area contributed by atoms with Crippen molar-refractivity contribution in [2.75, 3.05) is 0 Å². The third-order valence-electron chi connectivity index (χ3n) is 10.2. The zero-order valence-electron chi connectivity index (χ0n) is 27.5. The van der Waals surface area contributed by atoms with Gasteiger partial charge in [0.25, 0.3) is 0 Å². The Kier molecular flexibility index (Phi) is 10.4. The van der Waals surface area contributed by atoms with Gasteiger partial charge >= 0.3 is 0 Å². The van der Waals surface area contributed by atoms with Gasteiger partial charge in [-0.1, -0.05) is 105 Å². The molecule has 39 heavy (non-hydrogen) atoms. The Hall–Kier alpha value is -1.65. The molecule has 0 spiro atoms. The number of piperidine rings is 1. The molecule has 2 N–H and O–H groups in total. The molecule has 1 amide bonds. The smallest absolute Gasteiger partial charge is 0.223 e. The van der Waals surface area contributed by atoms with Gasteiger partial charge in [-0.25, -0.2) is 0 Å². The summed E-state index contributed by atoms with van der Waals surface area (Å²) in [6.45, 7) is 28.8. The monoisotopic (exact) mass is 540 g/mol. The lowest BCUT2D eigenvalue weighted by Gasteiger charge is -2.51. The van der Waals surface area contributed by atoms with Crippen LogP contribution >= 0.6 is 0 Å². The molecule has 0 saturated carbocycles. The van der Waals surface area contributed by atoms with Crippen LogP contribution in [0.2, 0.25) is 0 Å². The van der Waals surface area contributed by atoms with Gasteiger partial charge < -0.3 is 10.5 Å². The van der Waals surface area contributed by atoms with Gasteiger partial charge in [-0.05, 0) is 87.0 Å². The number of carbonyl (C=O) groups is 1. The zero-order chi connectivity index (χ0) is 30.0. The molecule has 1 aromatic rings. The minimum absolute atomic E-state index is 0.0284. The number of hydrogen-bond acceptors (Lipinski definition) is 3. The maximum atomic E-state index is 13.4. The Morgan fingerprint density at radius 2 is 1.51 bits per heavy atom. The largest absolute Gasteiger partial charge is 0.353 e. The lowest BCUT2D eigenvalue weighted by Crippen LogP contribution is -2.63. The summed E-state index contributed by atoms with van der Waals surface area (Å²) in [6.07, 6.45) is 8.17. The Balaban J connectivity index is 2.13. The first-order valence-electron chi connectivity index (χ1n) is 15.2. The molecule has 2 unspecified atom stereocenters. The van der Waals surface area contributed by atoms with E-state index in [0.29, 0.717) is 11.8 Å².